The molecule has 212 valence electrons. The van der Waals surface area contributed by atoms with Crippen LogP contribution in [-0.4, -0.2) is 27.9 Å². The Morgan fingerprint density at radius 3 is 2.46 bits per heavy atom. The molecule has 1 atom stereocenters. The maximum atomic E-state index is 13.4. The Kier molecular flexibility index (Phi) is 7.35. The molecule has 0 spiro atoms. The van der Waals surface area contributed by atoms with Crippen LogP contribution >= 0.6 is 11.3 Å². The number of nitrogens with one attached hydrogen (secondary N) is 1. The molecule has 0 saturated carbocycles. The van der Waals surface area contributed by atoms with Gasteiger partial charge in [-0.1, -0.05) is 19.1 Å². The van der Waals surface area contributed by atoms with E-state index in [0.29, 0.717) is 39.7 Å². The fraction of sp³-hybridized carbons (Fsp3) is 0.172. The van der Waals surface area contributed by atoms with Gasteiger partial charge < -0.3 is 19.9 Å². The summed E-state index contributed by atoms with van der Waals surface area (Å²) in [5.74, 6) is -1.31. The van der Waals surface area contributed by atoms with Crippen LogP contribution in [-0.2, 0) is 11.9 Å². The summed E-state index contributed by atoms with van der Waals surface area (Å²) < 4.78 is 66.5. The largest absolute Gasteiger partial charge is 0.506 e. The van der Waals surface area contributed by atoms with E-state index in [9.17, 15) is 27.5 Å². The van der Waals surface area contributed by atoms with Gasteiger partial charge in [0.1, 0.15) is 32.8 Å². The van der Waals surface area contributed by atoms with Crippen LogP contribution in [0.3, 0.4) is 0 Å². The van der Waals surface area contributed by atoms with E-state index in [1.54, 1.807) is 72.4 Å². The number of methoxy groups -OCH3 is 1. The van der Waals surface area contributed by atoms with Crippen molar-refractivity contribution in [3.8, 4) is 22.9 Å². The highest BCUT2D eigenvalue weighted by Gasteiger charge is 2.39. The van der Waals surface area contributed by atoms with E-state index in [1.807, 2.05) is 0 Å². The maximum Gasteiger partial charge on any atom is 0.425 e. The number of alkyl halides is 3. The molecule has 0 bridgehead atoms. The Hall–Kier alpha value is -4.58. The molecular weight excluding hydrogens is 562 g/mol. The van der Waals surface area contributed by atoms with E-state index in [-0.39, 0.29) is 23.6 Å². The minimum atomic E-state index is -4.72. The number of amides is 1. The van der Waals surface area contributed by atoms with Crippen LogP contribution < -0.4 is 14.8 Å². The average Bonchev–Trinajstić information content (AvgIpc) is 3.56. The van der Waals surface area contributed by atoms with Gasteiger partial charge in [0, 0.05) is 23.4 Å². The van der Waals surface area contributed by atoms with Crippen molar-refractivity contribution in [3.63, 3.8) is 0 Å². The molecule has 0 saturated heterocycles. The van der Waals surface area contributed by atoms with E-state index in [0.717, 1.165) is 0 Å². The molecule has 5 aromatic rings. The molecule has 0 fully saturated rings. The van der Waals surface area contributed by atoms with Crippen LogP contribution in [0.15, 0.2) is 79.0 Å². The standard InChI is InChI=1S/C29H23F4N3O4S/c1-3-28(18-5-4-6-21(14-18)39-2,35-27(38)26-24(37)15-25(41-26)29(31,32)33)40-22-11-12-23-17(13-22)16-34-36(23)20-9-7-19(30)8-10-20/h4-16,37H,3H2,1-2H3,(H,35,38). The number of halogens is 4. The van der Waals surface area contributed by atoms with E-state index in [2.05, 4.69) is 10.4 Å². The number of benzene rings is 3. The highest BCUT2D eigenvalue weighted by molar-refractivity contribution is 7.14. The lowest BCUT2D eigenvalue weighted by atomic mass is 9.98. The molecule has 5 rings (SSSR count). The first-order valence-electron chi connectivity index (χ1n) is 12.3. The van der Waals surface area contributed by atoms with Gasteiger partial charge in [-0.3, -0.25) is 4.79 Å². The van der Waals surface area contributed by atoms with Crippen molar-refractivity contribution in [2.45, 2.75) is 25.2 Å². The van der Waals surface area contributed by atoms with Crippen molar-refractivity contribution in [3.05, 3.63) is 100 Å². The molecule has 1 unspecified atom stereocenters. The van der Waals surface area contributed by atoms with Crippen LogP contribution in [0.5, 0.6) is 17.2 Å². The van der Waals surface area contributed by atoms with Crippen molar-refractivity contribution in [2.24, 2.45) is 0 Å². The molecule has 2 aromatic heterocycles. The van der Waals surface area contributed by atoms with Crippen LogP contribution in [0.25, 0.3) is 16.6 Å². The molecular formula is C29H23F4N3O4S. The third kappa shape index (κ3) is 5.55. The van der Waals surface area contributed by atoms with Crippen LogP contribution in [0, 0.1) is 5.82 Å². The molecule has 41 heavy (non-hydrogen) atoms. The lowest BCUT2D eigenvalue weighted by molar-refractivity contribution is -0.134. The Bertz CT molecular complexity index is 1720. The second-order valence-electron chi connectivity index (χ2n) is 9.04. The van der Waals surface area contributed by atoms with Crippen molar-refractivity contribution < 1.29 is 36.9 Å². The van der Waals surface area contributed by atoms with Crippen LogP contribution in [0.2, 0.25) is 0 Å². The molecule has 2 heterocycles. The van der Waals surface area contributed by atoms with E-state index in [4.69, 9.17) is 9.47 Å². The zero-order chi connectivity index (χ0) is 29.4. The minimum absolute atomic E-state index is 0.136. The Morgan fingerprint density at radius 1 is 1.05 bits per heavy atom. The molecule has 1 amide bonds. The first kappa shape index (κ1) is 28.0. The highest BCUT2D eigenvalue weighted by atomic mass is 32.1. The van der Waals surface area contributed by atoms with Crippen molar-refractivity contribution in [1.29, 1.82) is 0 Å². The Labute approximate surface area is 235 Å². The predicted octanol–water partition coefficient (Wildman–Crippen LogP) is 7.03. The average molecular weight is 586 g/mol. The number of fused-ring (bicyclic) bond motifs is 1. The zero-order valence-electron chi connectivity index (χ0n) is 21.7. The summed E-state index contributed by atoms with van der Waals surface area (Å²) in [6.07, 6.45) is -2.97. The van der Waals surface area contributed by atoms with Crippen LogP contribution in [0.1, 0.15) is 33.5 Å². The van der Waals surface area contributed by atoms with Gasteiger partial charge in [0.25, 0.3) is 5.91 Å². The maximum absolute atomic E-state index is 13.4. The third-order valence-corrected chi connectivity index (χ3v) is 7.62. The first-order valence-corrected chi connectivity index (χ1v) is 13.1. The number of carbonyl (C=O) groups is 1. The number of nitrogens with zero attached hydrogens (tertiary/aromatic N) is 2. The van der Waals surface area contributed by atoms with Gasteiger partial charge in [0.15, 0.2) is 0 Å². The topological polar surface area (TPSA) is 85.6 Å². The normalized spacial score (nSPS) is 13.1. The Balaban J connectivity index is 1.54. The molecule has 0 radical (unpaired) electrons. The summed E-state index contributed by atoms with van der Waals surface area (Å²) in [5, 5.41) is 17.9. The van der Waals surface area contributed by atoms with Gasteiger partial charge in [0.2, 0.25) is 5.72 Å². The fourth-order valence-electron chi connectivity index (χ4n) is 4.38. The molecule has 7 nitrogen and oxygen atoms in total. The lowest BCUT2D eigenvalue weighted by Crippen LogP contribution is -2.50. The van der Waals surface area contributed by atoms with Gasteiger partial charge in [-0.05, 0) is 54.6 Å². The van der Waals surface area contributed by atoms with E-state index >= 15 is 0 Å². The summed E-state index contributed by atoms with van der Waals surface area (Å²) in [4.78, 5) is 11.7. The van der Waals surface area contributed by atoms with Crippen molar-refractivity contribution >= 4 is 28.1 Å². The summed E-state index contributed by atoms with van der Waals surface area (Å²) in [5.41, 5.74) is 0.248. The number of ether oxygens (including phenoxy) is 2. The lowest BCUT2D eigenvalue weighted by Gasteiger charge is -2.35. The van der Waals surface area contributed by atoms with E-state index in [1.165, 1.54) is 19.2 Å². The summed E-state index contributed by atoms with van der Waals surface area (Å²) in [6.45, 7) is 1.74. The van der Waals surface area contributed by atoms with E-state index < -0.39 is 33.3 Å². The molecule has 0 aliphatic heterocycles. The quantitative estimate of drug-likeness (QED) is 0.151. The first-order chi connectivity index (χ1) is 19.5. The van der Waals surface area contributed by atoms with Gasteiger partial charge >= 0.3 is 6.18 Å². The van der Waals surface area contributed by atoms with Gasteiger partial charge in [0.05, 0.1) is 24.5 Å². The molecule has 12 heteroatoms. The number of hydrogen-bond donors (Lipinski definition) is 2. The number of thiophene rings is 1. The summed E-state index contributed by atoms with van der Waals surface area (Å²) in [6, 6.07) is 18.2. The zero-order valence-corrected chi connectivity index (χ0v) is 22.5. The predicted molar refractivity (Wildman–Crippen MR) is 145 cm³/mol. The number of aromatic hydroxyl groups is 1. The van der Waals surface area contributed by atoms with Crippen molar-refractivity contribution in [2.75, 3.05) is 7.11 Å². The van der Waals surface area contributed by atoms with Crippen LogP contribution in [0.4, 0.5) is 17.6 Å². The second kappa shape index (κ2) is 10.8. The smallest absolute Gasteiger partial charge is 0.425 e. The number of carbonyl (C=O) groups excluding carboxylic acids is 1. The summed E-state index contributed by atoms with van der Waals surface area (Å²) >= 11 is 0.136. The fourth-order valence-corrected chi connectivity index (χ4v) is 5.20. The van der Waals surface area contributed by atoms with Gasteiger partial charge in [-0.2, -0.15) is 18.3 Å². The van der Waals surface area contributed by atoms with Crippen molar-refractivity contribution in [1.82, 2.24) is 15.1 Å². The second-order valence-corrected chi connectivity index (χ2v) is 10.1. The monoisotopic (exact) mass is 585 g/mol. The van der Waals surface area contributed by atoms with Gasteiger partial charge in [-0.25, -0.2) is 9.07 Å². The molecule has 0 aliphatic carbocycles. The number of aromatic nitrogens is 2. The minimum Gasteiger partial charge on any atom is -0.506 e. The third-order valence-electron chi connectivity index (χ3n) is 6.45. The Morgan fingerprint density at radius 2 is 1.80 bits per heavy atom. The molecule has 3 aromatic carbocycles. The highest BCUT2D eigenvalue weighted by Crippen LogP contribution is 2.40. The SMILES string of the molecule is CCC(NC(=O)c1sc(C(F)(F)F)cc1O)(Oc1ccc2c(cnn2-c2ccc(F)cc2)c1)c1cccc(OC)c1. The molecule has 2 N–H and O–H groups in total. The summed E-state index contributed by atoms with van der Waals surface area (Å²) in [7, 11) is 1.47. The number of rotatable bonds is 8. The van der Waals surface area contributed by atoms with Gasteiger partial charge in [-0.15, -0.1) is 11.3 Å². The number of hydrogen-bond acceptors (Lipinski definition) is 6. The molecule has 0 aliphatic rings.